The van der Waals surface area contributed by atoms with E-state index >= 15 is 0 Å². The Bertz CT molecular complexity index is 479. The van der Waals surface area contributed by atoms with Gasteiger partial charge in [0, 0.05) is 58.4 Å². The van der Waals surface area contributed by atoms with Gasteiger partial charge in [-0.3, -0.25) is 4.99 Å². The van der Waals surface area contributed by atoms with E-state index < -0.39 is 0 Å². The molecule has 1 aliphatic rings. The number of furan rings is 1. The highest BCUT2D eigenvalue weighted by Gasteiger charge is 2.32. The molecule has 0 radical (unpaired) electrons. The van der Waals surface area contributed by atoms with E-state index in [1.54, 1.807) is 13.4 Å². The summed E-state index contributed by atoms with van der Waals surface area (Å²) in [5.74, 6) is 2.85. The predicted molar refractivity (Wildman–Crippen MR) is 114 cm³/mol. The number of halogens is 1. The molecule has 2 rings (SSSR count). The third-order valence-electron chi connectivity index (χ3n) is 4.20. The lowest BCUT2D eigenvalue weighted by Crippen LogP contribution is -2.44. The molecule has 2 N–H and O–H groups in total. The smallest absolute Gasteiger partial charge is 0.191 e. The van der Waals surface area contributed by atoms with Gasteiger partial charge in [0.2, 0.25) is 0 Å². The molecular weight excluding hydrogens is 453 g/mol. The van der Waals surface area contributed by atoms with E-state index in [0.29, 0.717) is 6.54 Å². The molecular formula is C17H30IN3O3S. The summed E-state index contributed by atoms with van der Waals surface area (Å²) in [5.41, 5.74) is -0.201. The number of hydrogen-bond donors (Lipinski definition) is 2. The normalized spacial score (nSPS) is 17.0. The molecule has 1 fully saturated rings. The van der Waals surface area contributed by atoms with Crippen molar-refractivity contribution >= 4 is 41.7 Å². The minimum absolute atomic E-state index is 0. The summed E-state index contributed by atoms with van der Waals surface area (Å²) in [6.45, 7) is 3.79. The van der Waals surface area contributed by atoms with Gasteiger partial charge in [-0.15, -0.1) is 24.0 Å². The predicted octanol–water partition coefficient (Wildman–Crippen LogP) is 2.53. The summed E-state index contributed by atoms with van der Waals surface area (Å²) >= 11 is 1.81. The van der Waals surface area contributed by atoms with E-state index in [0.717, 1.165) is 63.0 Å². The topological polar surface area (TPSA) is 68.0 Å². The molecule has 0 aliphatic carbocycles. The lowest BCUT2D eigenvalue weighted by molar-refractivity contribution is -0.0828. The third-order valence-corrected chi connectivity index (χ3v) is 4.82. The average Bonchev–Trinajstić information content (AvgIpc) is 3.13. The molecule has 0 spiro atoms. The van der Waals surface area contributed by atoms with Crippen LogP contribution in [0, 0.1) is 0 Å². The van der Waals surface area contributed by atoms with Crippen molar-refractivity contribution in [3.05, 3.63) is 24.2 Å². The van der Waals surface area contributed by atoms with E-state index in [1.807, 2.05) is 23.9 Å². The van der Waals surface area contributed by atoms with Gasteiger partial charge in [-0.25, -0.2) is 0 Å². The van der Waals surface area contributed by atoms with Gasteiger partial charge in [-0.2, -0.15) is 11.8 Å². The highest BCUT2D eigenvalue weighted by molar-refractivity contribution is 14.0. The Morgan fingerprint density at radius 2 is 2.08 bits per heavy atom. The maximum Gasteiger partial charge on any atom is 0.191 e. The van der Waals surface area contributed by atoms with E-state index in [9.17, 15) is 0 Å². The van der Waals surface area contributed by atoms with Crippen molar-refractivity contribution in [2.24, 2.45) is 4.99 Å². The number of nitrogens with zero attached hydrogens (tertiary/aromatic N) is 1. The lowest BCUT2D eigenvalue weighted by Gasteiger charge is -2.34. The maximum absolute atomic E-state index is 5.76. The largest absolute Gasteiger partial charge is 0.469 e. The summed E-state index contributed by atoms with van der Waals surface area (Å²) in [6.07, 6.45) is 6.41. The van der Waals surface area contributed by atoms with Gasteiger partial charge in [-0.1, -0.05) is 0 Å². The first-order chi connectivity index (χ1) is 11.8. The molecule has 0 atom stereocenters. The quantitative estimate of drug-likeness (QED) is 0.244. The molecule has 2 heterocycles. The molecule has 1 aromatic heterocycles. The molecule has 1 aromatic rings. The second-order valence-corrected chi connectivity index (χ2v) is 6.83. The van der Waals surface area contributed by atoms with Gasteiger partial charge in [-0.05, 0) is 18.4 Å². The molecule has 1 aliphatic heterocycles. The highest BCUT2D eigenvalue weighted by Crippen LogP contribution is 2.24. The van der Waals surface area contributed by atoms with Gasteiger partial charge in [0.1, 0.15) is 5.76 Å². The first kappa shape index (κ1) is 22.6. The molecule has 8 heteroatoms. The highest BCUT2D eigenvalue weighted by atomic mass is 127. The van der Waals surface area contributed by atoms with E-state index in [-0.39, 0.29) is 29.6 Å². The fourth-order valence-electron chi connectivity index (χ4n) is 2.60. The van der Waals surface area contributed by atoms with E-state index in [4.69, 9.17) is 18.9 Å². The van der Waals surface area contributed by atoms with Crippen LogP contribution in [-0.2, 0) is 15.9 Å². The fourth-order valence-corrected chi connectivity index (χ4v) is 2.90. The Labute approximate surface area is 171 Å². The number of nitrogens with one attached hydrogen (secondary N) is 2. The van der Waals surface area contributed by atoms with Gasteiger partial charge >= 0.3 is 0 Å². The summed E-state index contributed by atoms with van der Waals surface area (Å²) < 4.78 is 16.6. The van der Waals surface area contributed by atoms with Gasteiger partial charge < -0.3 is 24.5 Å². The number of ether oxygens (including phenoxy) is 2. The minimum atomic E-state index is -0.201. The molecule has 1 saturated heterocycles. The van der Waals surface area contributed by atoms with Crippen LogP contribution in [0.2, 0.25) is 0 Å². The Hall–Kier alpha value is -0.450. The van der Waals surface area contributed by atoms with Crippen LogP contribution in [0.3, 0.4) is 0 Å². The molecule has 144 valence electrons. The second kappa shape index (κ2) is 12.8. The van der Waals surface area contributed by atoms with Crippen LogP contribution in [0.4, 0.5) is 0 Å². The summed E-state index contributed by atoms with van der Waals surface area (Å²) in [4.78, 5) is 4.76. The first-order valence-corrected chi connectivity index (χ1v) is 9.84. The lowest BCUT2D eigenvalue weighted by atomic mass is 9.94. The van der Waals surface area contributed by atoms with Crippen molar-refractivity contribution in [2.45, 2.75) is 24.9 Å². The first-order valence-electron chi connectivity index (χ1n) is 8.44. The standard InChI is InChI=1S/C17H29N3O3S.HI/c1-21-17(6-11-22-12-7-17)14-20-16(19-9-13-24-2)18-8-5-15-4-3-10-23-15;/h3-4,10H,5-9,11-14H2,1-2H3,(H2,18,19,20);1H. The monoisotopic (exact) mass is 483 g/mol. The number of aliphatic imine (C=N–C) groups is 1. The van der Waals surface area contributed by atoms with Crippen LogP contribution < -0.4 is 10.6 Å². The van der Waals surface area contributed by atoms with Crippen LogP contribution in [0.1, 0.15) is 18.6 Å². The SMILES string of the molecule is COC1(CN=C(NCCSC)NCCc2ccco2)CCOCC1.I. The summed E-state index contributed by atoms with van der Waals surface area (Å²) in [6, 6.07) is 3.90. The minimum Gasteiger partial charge on any atom is -0.469 e. The van der Waals surface area contributed by atoms with Gasteiger partial charge in [0.05, 0.1) is 18.4 Å². The van der Waals surface area contributed by atoms with Crippen LogP contribution in [0.15, 0.2) is 27.8 Å². The zero-order valence-corrected chi connectivity index (χ0v) is 18.2. The molecule has 6 nitrogen and oxygen atoms in total. The fraction of sp³-hybridized carbons (Fsp3) is 0.706. The van der Waals surface area contributed by atoms with E-state index in [2.05, 4.69) is 16.9 Å². The molecule has 0 saturated carbocycles. The number of thioether (sulfide) groups is 1. The zero-order valence-electron chi connectivity index (χ0n) is 15.1. The van der Waals surface area contributed by atoms with Crippen LogP contribution in [0.25, 0.3) is 0 Å². The Morgan fingerprint density at radius 3 is 2.72 bits per heavy atom. The van der Waals surface area contributed by atoms with Crippen LogP contribution in [-0.4, -0.2) is 63.5 Å². The zero-order chi connectivity index (χ0) is 17.1. The molecule has 0 bridgehead atoms. The number of hydrogen-bond acceptors (Lipinski definition) is 5. The average molecular weight is 483 g/mol. The van der Waals surface area contributed by atoms with E-state index in [1.165, 1.54) is 0 Å². The Morgan fingerprint density at radius 1 is 1.32 bits per heavy atom. The van der Waals surface area contributed by atoms with Crippen molar-refractivity contribution in [3.8, 4) is 0 Å². The van der Waals surface area contributed by atoms with Crippen molar-refractivity contribution < 1.29 is 13.9 Å². The summed E-state index contributed by atoms with van der Waals surface area (Å²) in [7, 11) is 1.77. The van der Waals surface area contributed by atoms with Crippen LogP contribution >= 0.6 is 35.7 Å². The van der Waals surface area contributed by atoms with Crippen molar-refractivity contribution in [1.29, 1.82) is 0 Å². The van der Waals surface area contributed by atoms with Crippen molar-refractivity contribution in [1.82, 2.24) is 10.6 Å². The number of rotatable bonds is 9. The second-order valence-electron chi connectivity index (χ2n) is 5.84. The van der Waals surface area contributed by atoms with Crippen molar-refractivity contribution in [3.63, 3.8) is 0 Å². The van der Waals surface area contributed by atoms with Crippen LogP contribution in [0.5, 0.6) is 0 Å². The third kappa shape index (κ3) is 8.19. The van der Waals surface area contributed by atoms with Gasteiger partial charge in [0.15, 0.2) is 5.96 Å². The molecule has 0 amide bonds. The Balaban J connectivity index is 0.00000312. The van der Waals surface area contributed by atoms with Crippen molar-refractivity contribution in [2.75, 3.05) is 52.0 Å². The van der Waals surface area contributed by atoms with Gasteiger partial charge in [0.25, 0.3) is 0 Å². The number of methoxy groups -OCH3 is 1. The Kier molecular flexibility index (Phi) is 11.6. The molecule has 25 heavy (non-hydrogen) atoms. The molecule has 0 unspecified atom stereocenters. The molecule has 0 aromatic carbocycles. The summed E-state index contributed by atoms with van der Waals surface area (Å²) in [5, 5.41) is 6.76. The number of guanidine groups is 1. The maximum atomic E-state index is 5.76.